The summed E-state index contributed by atoms with van der Waals surface area (Å²) in [6, 6.07) is 4.98. The van der Waals surface area contributed by atoms with Gasteiger partial charge in [-0.3, -0.25) is 9.59 Å². The molecule has 0 atom stereocenters. The summed E-state index contributed by atoms with van der Waals surface area (Å²) < 4.78 is 0.742. The van der Waals surface area contributed by atoms with Gasteiger partial charge in [0.05, 0.1) is 6.54 Å². The lowest BCUT2D eigenvalue weighted by Gasteiger charge is -2.17. The zero-order valence-electron chi connectivity index (χ0n) is 11.9. The molecule has 0 heterocycles. The number of benzene rings is 1. The summed E-state index contributed by atoms with van der Waals surface area (Å²) in [6.07, 6.45) is 0. The van der Waals surface area contributed by atoms with Crippen LogP contribution >= 0.6 is 15.9 Å². The van der Waals surface area contributed by atoms with Gasteiger partial charge in [0, 0.05) is 29.3 Å². The Bertz CT molecular complexity index is 503. The number of nitrogen functional groups attached to an aromatic ring is 1. The fourth-order valence-electron chi connectivity index (χ4n) is 1.56. The third-order valence-electron chi connectivity index (χ3n) is 2.68. The van der Waals surface area contributed by atoms with Crippen molar-refractivity contribution in [1.82, 2.24) is 10.2 Å². The Balaban J connectivity index is 2.62. The minimum atomic E-state index is -0.233. The molecule has 0 spiro atoms. The zero-order chi connectivity index (χ0) is 15.3. The topological polar surface area (TPSA) is 75.4 Å². The Morgan fingerprint density at radius 2 is 2.05 bits per heavy atom. The maximum absolute atomic E-state index is 12.2. The lowest BCUT2D eigenvalue weighted by atomic mass is 10.2. The standard InChI is InChI=1S/C14H20BrN3O2/c1-9(2)7-17-13(19)8-18(3)14(20)10-4-5-11(15)12(16)6-10/h4-6,9H,7-8,16H2,1-3H3,(H,17,19). The lowest BCUT2D eigenvalue weighted by molar-refractivity contribution is -0.121. The Hall–Kier alpha value is -1.56. The largest absolute Gasteiger partial charge is 0.398 e. The van der Waals surface area contributed by atoms with Gasteiger partial charge in [0.1, 0.15) is 0 Å². The van der Waals surface area contributed by atoms with Gasteiger partial charge < -0.3 is 16.0 Å². The summed E-state index contributed by atoms with van der Waals surface area (Å²) in [5.41, 5.74) is 6.70. The highest BCUT2D eigenvalue weighted by atomic mass is 79.9. The molecule has 1 aromatic carbocycles. The minimum absolute atomic E-state index is 0.0293. The van der Waals surface area contributed by atoms with Crippen LogP contribution in [0.2, 0.25) is 0 Å². The van der Waals surface area contributed by atoms with E-state index < -0.39 is 0 Å². The molecule has 110 valence electrons. The maximum Gasteiger partial charge on any atom is 0.254 e. The fourth-order valence-corrected chi connectivity index (χ4v) is 1.80. The number of likely N-dealkylation sites (N-methyl/N-ethyl adjacent to an activating group) is 1. The van der Waals surface area contributed by atoms with Crippen LogP contribution in [0.3, 0.4) is 0 Å². The number of nitrogens with two attached hydrogens (primary N) is 1. The first-order chi connectivity index (χ1) is 9.31. The molecule has 5 nitrogen and oxygen atoms in total. The Kier molecular flexibility index (Phi) is 6.01. The highest BCUT2D eigenvalue weighted by Crippen LogP contribution is 2.20. The molecular weight excluding hydrogens is 322 g/mol. The van der Waals surface area contributed by atoms with Gasteiger partial charge in [-0.15, -0.1) is 0 Å². The SMILES string of the molecule is CC(C)CNC(=O)CN(C)C(=O)c1ccc(Br)c(N)c1. The highest BCUT2D eigenvalue weighted by molar-refractivity contribution is 9.10. The van der Waals surface area contributed by atoms with Gasteiger partial charge >= 0.3 is 0 Å². The third kappa shape index (κ3) is 4.85. The molecule has 0 unspecified atom stereocenters. The number of carbonyl (C=O) groups is 2. The number of halogens is 1. The molecule has 0 aliphatic rings. The number of carbonyl (C=O) groups excluding carboxylic acids is 2. The van der Waals surface area contributed by atoms with Crippen molar-refractivity contribution in [2.45, 2.75) is 13.8 Å². The van der Waals surface area contributed by atoms with Crippen molar-refractivity contribution in [1.29, 1.82) is 0 Å². The number of hydrogen-bond acceptors (Lipinski definition) is 3. The van der Waals surface area contributed by atoms with E-state index in [2.05, 4.69) is 21.2 Å². The van der Waals surface area contributed by atoms with Crippen molar-refractivity contribution < 1.29 is 9.59 Å². The molecule has 1 rings (SSSR count). The molecule has 20 heavy (non-hydrogen) atoms. The second-order valence-corrected chi connectivity index (χ2v) is 5.95. The molecule has 0 saturated carbocycles. The van der Waals surface area contributed by atoms with Crippen LogP contribution in [-0.4, -0.2) is 36.9 Å². The van der Waals surface area contributed by atoms with E-state index in [1.54, 1.807) is 25.2 Å². The van der Waals surface area contributed by atoms with Gasteiger partial charge in [0.15, 0.2) is 0 Å². The van der Waals surface area contributed by atoms with Crippen molar-refractivity contribution in [2.75, 3.05) is 25.9 Å². The summed E-state index contributed by atoms with van der Waals surface area (Å²) >= 11 is 3.28. The number of nitrogens with zero attached hydrogens (tertiary/aromatic N) is 1. The predicted octanol–water partition coefficient (Wildman–Crippen LogP) is 1.88. The average Bonchev–Trinajstić information content (AvgIpc) is 2.38. The van der Waals surface area contributed by atoms with Crippen LogP contribution in [0.4, 0.5) is 5.69 Å². The molecule has 0 saturated heterocycles. The van der Waals surface area contributed by atoms with E-state index in [0.717, 1.165) is 4.47 Å². The third-order valence-corrected chi connectivity index (χ3v) is 3.40. The summed E-state index contributed by atoms with van der Waals surface area (Å²) in [6.45, 7) is 4.66. The molecule has 0 aliphatic heterocycles. The van der Waals surface area contributed by atoms with E-state index in [0.29, 0.717) is 23.7 Å². The number of hydrogen-bond donors (Lipinski definition) is 2. The summed E-state index contributed by atoms with van der Waals surface area (Å²) in [7, 11) is 1.59. The van der Waals surface area contributed by atoms with Crippen LogP contribution in [0.15, 0.2) is 22.7 Å². The molecular formula is C14H20BrN3O2. The second-order valence-electron chi connectivity index (χ2n) is 5.10. The van der Waals surface area contributed by atoms with Gasteiger partial charge in [-0.1, -0.05) is 13.8 Å². The van der Waals surface area contributed by atoms with E-state index in [9.17, 15) is 9.59 Å². The van der Waals surface area contributed by atoms with E-state index in [4.69, 9.17) is 5.73 Å². The first-order valence-corrected chi connectivity index (χ1v) is 7.17. The van der Waals surface area contributed by atoms with Gasteiger partial charge in [-0.05, 0) is 40.0 Å². The van der Waals surface area contributed by atoms with Crippen molar-refractivity contribution in [2.24, 2.45) is 5.92 Å². The number of rotatable bonds is 5. The molecule has 0 bridgehead atoms. The molecule has 1 aromatic rings. The molecule has 0 radical (unpaired) electrons. The molecule has 0 fully saturated rings. The minimum Gasteiger partial charge on any atom is -0.398 e. The summed E-state index contributed by atoms with van der Waals surface area (Å²) in [4.78, 5) is 25.2. The molecule has 3 N–H and O–H groups in total. The van der Waals surface area contributed by atoms with E-state index in [1.807, 2.05) is 13.8 Å². The Morgan fingerprint density at radius 1 is 1.40 bits per heavy atom. The summed E-state index contributed by atoms with van der Waals surface area (Å²) in [5, 5.41) is 2.77. The van der Waals surface area contributed by atoms with Crippen molar-refractivity contribution in [3.05, 3.63) is 28.2 Å². The zero-order valence-corrected chi connectivity index (χ0v) is 13.5. The first-order valence-electron chi connectivity index (χ1n) is 6.38. The quantitative estimate of drug-likeness (QED) is 0.803. The highest BCUT2D eigenvalue weighted by Gasteiger charge is 2.15. The van der Waals surface area contributed by atoms with Gasteiger partial charge in [0.2, 0.25) is 5.91 Å². The second kappa shape index (κ2) is 7.28. The average molecular weight is 342 g/mol. The predicted molar refractivity (Wildman–Crippen MR) is 83.4 cm³/mol. The maximum atomic E-state index is 12.2. The van der Waals surface area contributed by atoms with Crippen molar-refractivity contribution in [3.8, 4) is 0 Å². The van der Waals surface area contributed by atoms with E-state index in [1.165, 1.54) is 4.90 Å². The van der Waals surface area contributed by atoms with Gasteiger partial charge in [-0.25, -0.2) is 0 Å². The van der Waals surface area contributed by atoms with Crippen LogP contribution in [0.5, 0.6) is 0 Å². The first kappa shape index (κ1) is 16.5. The van der Waals surface area contributed by atoms with Gasteiger partial charge in [-0.2, -0.15) is 0 Å². The smallest absolute Gasteiger partial charge is 0.254 e. The van der Waals surface area contributed by atoms with Crippen LogP contribution in [-0.2, 0) is 4.79 Å². The number of amides is 2. The Morgan fingerprint density at radius 3 is 2.60 bits per heavy atom. The number of anilines is 1. The van der Waals surface area contributed by atoms with Crippen molar-refractivity contribution >= 4 is 33.4 Å². The van der Waals surface area contributed by atoms with E-state index >= 15 is 0 Å². The Labute approximate surface area is 127 Å². The number of nitrogens with one attached hydrogen (secondary N) is 1. The van der Waals surface area contributed by atoms with Crippen LogP contribution < -0.4 is 11.1 Å². The monoisotopic (exact) mass is 341 g/mol. The summed E-state index contributed by atoms with van der Waals surface area (Å²) in [5.74, 6) is -0.0187. The molecule has 2 amide bonds. The molecule has 0 aromatic heterocycles. The van der Waals surface area contributed by atoms with Gasteiger partial charge in [0.25, 0.3) is 5.91 Å². The fraction of sp³-hybridized carbons (Fsp3) is 0.429. The van der Waals surface area contributed by atoms with Crippen LogP contribution in [0.25, 0.3) is 0 Å². The van der Waals surface area contributed by atoms with Crippen LogP contribution in [0, 0.1) is 5.92 Å². The van der Waals surface area contributed by atoms with E-state index in [-0.39, 0.29) is 18.4 Å². The molecule has 6 heteroatoms. The van der Waals surface area contributed by atoms with Crippen molar-refractivity contribution in [3.63, 3.8) is 0 Å². The normalized spacial score (nSPS) is 10.4. The van der Waals surface area contributed by atoms with Crippen LogP contribution in [0.1, 0.15) is 24.2 Å². The molecule has 0 aliphatic carbocycles. The lowest BCUT2D eigenvalue weighted by Crippen LogP contribution is -2.39.